The summed E-state index contributed by atoms with van der Waals surface area (Å²) in [6.07, 6.45) is 0. The van der Waals surface area contributed by atoms with Gasteiger partial charge in [-0.3, -0.25) is 19.4 Å². The largest absolute Gasteiger partial charge is 0.369 e. The lowest BCUT2D eigenvalue weighted by molar-refractivity contribution is 0.0533. The first-order valence-corrected chi connectivity index (χ1v) is 10.7. The predicted molar refractivity (Wildman–Crippen MR) is 121 cm³/mol. The fourth-order valence-corrected chi connectivity index (χ4v) is 4.80. The molecule has 2 aliphatic heterocycles. The molecule has 31 heavy (non-hydrogen) atoms. The van der Waals surface area contributed by atoms with Crippen molar-refractivity contribution in [2.75, 3.05) is 37.7 Å². The Hall–Kier alpha value is -3.38. The van der Waals surface area contributed by atoms with Gasteiger partial charge in [0, 0.05) is 48.9 Å². The Morgan fingerprint density at radius 3 is 1.68 bits per heavy atom. The minimum absolute atomic E-state index is 0.180. The highest BCUT2D eigenvalue weighted by atomic mass is 16.2. The van der Waals surface area contributed by atoms with Gasteiger partial charge in [0.25, 0.3) is 11.8 Å². The summed E-state index contributed by atoms with van der Waals surface area (Å²) >= 11 is 0. The summed E-state index contributed by atoms with van der Waals surface area (Å²) in [4.78, 5) is 32.4. The van der Waals surface area contributed by atoms with Crippen molar-refractivity contribution in [2.45, 2.75) is 13.8 Å². The highest BCUT2D eigenvalue weighted by molar-refractivity contribution is 6.22. The molecular weight excluding hydrogens is 388 g/mol. The van der Waals surface area contributed by atoms with Crippen LogP contribution in [-0.4, -0.2) is 59.0 Å². The first-order chi connectivity index (χ1) is 15.1. The van der Waals surface area contributed by atoms with Gasteiger partial charge in [-0.2, -0.15) is 0 Å². The van der Waals surface area contributed by atoms with E-state index in [9.17, 15) is 9.59 Å². The summed E-state index contributed by atoms with van der Waals surface area (Å²) in [5, 5.41) is 0. The third-order valence-electron chi connectivity index (χ3n) is 6.41. The number of carbonyl (C=O) groups excluding carboxylic acids is 2. The molecular formula is C25H26N4O2. The third kappa shape index (κ3) is 3.24. The van der Waals surface area contributed by atoms with Crippen LogP contribution in [-0.2, 0) is 0 Å². The van der Waals surface area contributed by atoms with E-state index >= 15 is 0 Å². The molecule has 3 aromatic rings. The van der Waals surface area contributed by atoms with Crippen molar-refractivity contribution in [1.82, 2.24) is 14.4 Å². The number of benzene rings is 2. The normalized spacial score (nSPS) is 16.8. The molecule has 158 valence electrons. The van der Waals surface area contributed by atoms with Crippen molar-refractivity contribution in [3.8, 4) is 5.69 Å². The zero-order valence-electron chi connectivity index (χ0n) is 17.9. The molecule has 5 rings (SSSR count). The van der Waals surface area contributed by atoms with Crippen LogP contribution in [0.15, 0.2) is 60.7 Å². The second-order valence-corrected chi connectivity index (χ2v) is 8.21. The van der Waals surface area contributed by atoms with E-state index in [1.807, 2.05) is 66.9 Å². The topological polar surface area (TPSA) is 48.8 Å². The Bertz CT molecular complexity index is 1090. The van der Waals surface area contributed by atoms with Crippen LogP contribution in [0.3, 0.4) is 0 Å². The number of aromatic nitrogens is 1. The molecule has 2 aliphatic rings. The molecule has 2 amide bonds. The molecule has 0 spiro atoms. The zero-order chi connectivity index (χ0) is 21.5. The van der Waals surface area contributed by atoms with Gasteiger partial charge in [0.2, 0.25) is 0 Å². The maximum atomic E-state index is 13.2. The number of hydrogen-bond donors (Lipinski definition) is 0. The number of fused-ring (bicyclic) bond motifs is 1. The van der Waals surface area contributed by atoms with Crippen molar-refractivity contribution in [1.29, 1.82) is 0 Å². The second-order valence-electron chi connectivity index (χ2n) is 8.21. The Kier molecular flexibility index (Phi) is 4.87. The van der Waals surface area contributed by atoms with E-state index < -0.39 is 0 Å². The molecule has 6 nitrogen and oxygen atoms in total. The fourth-order valence-electron chi connectivity index (χ4n) is 4.80. The molecule has 6 heteroatoms. The van der Waals surface area contributed by atoms with Crippen molar-refractivity contribution in [2.24, 2.45) is 0 Å². The van der Waals surface area contributed by atoms with Crippen LogP contribution in [0, 0.1) is 13.8 Å². The predicted octanol–water partition coefficient (Wildman–Crippen LogP) is 3.47. The van der Waals surface area contributed by atoms with Gasteiger partial charge in [0.05, 0.1) is 17.8 Å². The maximum absolute atomic E-state index is 13.2. The van der Waals surface area contributed by atoms with E-state index in [-0.39, 0.29) is 11.8 Å². The number of rotatable bonds is 4. The van der Waals surface area contributed by atoms with Gasteiger partial charge < -0.3 is 9.47 Å². The highest BCUT2D eigenvalue weighted by Crippen LogP contribution is 2.33. The maximum Gasteiger partial charge on any atom is 0.264 e. The second kappa shape index (κ2) is 7.71. The van der Waals surface area contributed by atoms with Gasteiger partial charge in [-0.15, -0.1) is 0 Å². The minimum atomic E-state index is -0.180. The fraction of sp³-hybridized carbons (Fsp3) is 0.280. The summed E-state index contributed by atoms with van der Waals surface area (Å²) in [5.74, 6) is -0.360. The smallest absolute Gasteiger partial charge is 0.264 e. The lowest BCUT2D eigenvalue weighted by Gasteiger charge is -2.37. The zero-order valence-corrected chi connectivity index (χ0v) is 17.9. The third-order valence-corrected chi connectivity index (χ3v) is 6.41. The van der Waals surface area contributed by atoms with Crippen LogP contribution < -0.4 is 4.90 Å². The summed E-state index contributed by atoms with van der Waals surface area (Å²) in [6.45, 7) is 7.59. The molecule has 1 saturated heterocycles. The van der Waals surface area contributed by atoms with Crippen LogP contribution in [0.25, 0.3) is 5.69 Å². The van der Waals surface area contributed by atoms with Crippen molar-refractivity contribution in [3.05, 3.63) is 83.2 Å². The lowest BCUT2D eigenvalue weighted by Crippen LogP contribution is -2.51. The Morgan fingerprint density at radius 1 is 0.677 bits per heavy atom. The van der Waals surface area contributed by atoms with Gasteiger partial charge in [-0.25, -0.2) is 0 Å². The van der Waals surface area contributed by atoms with E-state index in [1.165, 1.54) is 10.6 Å². The van der Waals surface area contributed by atoms with Crippen LogP contribution in [0.5, 0.6) is 0 Å². The Morgan fingerprint density at radius 2 is 1.16 bits per heavy atom. The average molecular weight is 415 g/mol. The molecule has 0 unspecified atom stereocenters. The number of nitrogens with zero attached hydrogens (tertiary/aromatic N) is 4. The van der Waals surface area contributed by atoms with E-state index in [1.54, 1.807) is 0 Å². The van der Waals surface area contributed by atoms with Gasteiger partial charge >= 0.3 is 0 Å². The Labute approximate surface area is 182 Å². The first kappa shape index (κ1) is 19.6. The SMILES string of the molecule is Cc1c2c(c(C)n1-c1ccccc1)C(=O)N(CN1CCN(c3ccccc3)CC1)C2=O. The average Bonchev–Trinajstić information content (AvgIpc) is 3.21. The van der Waals surface area contributed by atoms with Gasteiger partial charge in [0.15, 0.2) is 0 Å². The molecule has 2 aromatic carbocycles. The summed E-state index contributed by atoms with van der Waals surface area (Å²) in [6, 6.07) is 20.2. The lowest BCUT2D eigenvalue weighted by atomic mass is 10.1. The van der Waals surface area contributed by atoms with E-state index in [0.717, 1.165) is 43.3 Å². The molecule has 0 saturated carbocycles. The van der Waals surface area contributed by atoms with Crippen molar-refractivity contribution >= 4 is 17.5 Å². The standard InChI is InChI=1S/C25H26N4O2/c1-18-22-23(19(2)29(18)21-11-7-4-8-12-21)25(31)28(24(22)30)17-26-13-15-27(16-14-26)20-9-5-3-6-10-20/h3-12H,13-17H2,1-2H3. The number of hydrogen-bond acceptors (Lipinski definition) is 4. The molecule has 1 fully saturated rings. The van der Waals surface area contributed by atoms with Gasteiger partial charge in [-0.05, 0) is 38.1 Å². The highest BCUT2D eigenvalue weighted by Gasteiger charge is 2.42. The van der Waals surface area contributed by atoms with Crippen LogP contribution in [0.4, 0.5) is 5.69 Å². The summed E-state index contributed by atoms with van der Waals surface area (Å²) in [7, 11) is 0. The van der Waals surface area contributed by atoms with E-state index in [4.69, 9.17) is 0 Å². The summed E-state index contributed by atoms with van der Waals surface area (Å²) < 4.78 is 2.01. The molecule has 0 N–H and O–H groups in total. The van der Waals surface area contributed by atoms with Crippen LogP contribution in [0.2, 0.25) is 0 Å². The Balaban J connectivity index is 1.33. The molecule has 0 aliphatic carbocycles. The van der Waals surface area contributed by atoms with Crippen molar-refractivity contribution < 1.29 is 9.59 Å². The number of para-hydroxylation sites is 2. The molecule has 0 atom stereocenters. The minimum Gasteiger partial charge on any atom is -0.369 e. The number of piperazine rings is 1. The monoisotopic (exact) mass is 414 g/mol. The molecule has 3 heterocycles. The van der Waals surface area contributed by atoms with Gasteiger partial charge in [0.1, 0.15) is 0 Å². The summed E-state index contributed by atoms with van der Waals surface area (Å²) in [5.41, 5.74) is 4.94. The van der Waals surface area contributed by atoms with E-state index in [0.29, 0.717) is 17.8 Å². The quantitative estimate of drug-likeness (QED) is 0.614. The number of amides is 2. The van der Waals surface area contributed by atoms with Crippen LogP contribution >= 0.6 is 0 Å². The van der Waals surface area contributed by atoms with Gasteiger partial charge in [-0.1, -0.05) is 36.4 Å². The first-order valence-electron chi connectivity index (χ1n) is 10.7. The van der Waals surface area contributed by atoms with Crippen molar-refractivity contribution in [3.63, 3.8) is 0 Å². The van der Waals surface area contributed by atoms with E-state index in [2.05, 4.69) is 21.9 Å². The molecule has 0 radical (unpaired) electrons. The molecule has 1 aromatic heterocycles. The number of carbonyl (C=O) groups is 2. The number of imide groups is 1. The number of anilines is 1. The molecule has 0 bridgehead atoms. The van der Waals surface area contributed by atoms with Crippen LogP contribution in [0.1, 0.15) is 32.1 Å².